The Balaban J connectivity index is 2.26. The first kappa shape index (κ1) is 17.1. The van der Waals surface area contributed by atoms with E-state index in [1.807, 2.05) is 6.92 Å². The lowest BCUT2D eigenvalue weighted by molar-refractivity contribution is 0.566. The van der Waals surface area contributed by atoms with Crippen molar-refractivity contribution in [2.45, 2.75) is 31.2 Å². The third kappa shape index (κ3) is 4.13. The van der Waals surface area contributed by atoms with Gasteiger partial charge in [0.25, 0.3) is 0 Å². The average Bonchev–Trinajstić information content (AvgIpc) is 2.90. The van der Waals surface area contributed by atoms with Crippen LogP contribution in [0.1, 0.15) is 29.8 Å². The summed E-state index contributed by atoms with van der Waals surface area (Å²) in [6.45, 7) is 3.84. The summed E-state index contributed by atoms with van der Waals surface area (Å²) in [6.07, 6.45) is 2.69. The molecule has 1 aromatic carbocycles. The highest BCUT2D eigenvalue weighted by atomic mass is 79.9. The molecule has 1 heterocycles. The fourth-order valence-corrected chi connectivity index (χ4v) is 5.36. The van der Waals surface area contributed by atoms with Crippen molar-refractivity contribution in [1.82, 2.24) is 9.71 Å². The van der Waals surface area contributed by atoms with Crippen LogP contribution in [0.15, 0.2) is 38.2 Å². The van der Waals surface area contributed by atoms with Gasteiger partial charge in [-0.3, -0.25) is 0 Å². The molecule has 0 spiro atoms. The van der Waals surface area contributed by atoms with E-state index in [-0.39, 0.29) is 10.9 Å². The number of benzene rings is 1. The van der Waals surface area contributed by atoms with E-state index < -0.39 is 10.0 Å². The van der Waals surface area contributed by atoms with Crippen LogP contribution in [0.2, 0.25) is 0 Å². The van der Waals surface area contributed by atoms with E-state index in [4.69, 9.17) is 0 Å². The summed E-state index contributed by atoms with van der Waals surface area (Å²) in [6, 6.07) is 4.67. The van der Waals surface area contributed by atoms with E-state index in [0.717, 1.165) is 16.3 Å². The molecule has 0 fully saturated rings. The van der Waals surface area contributed by atoms with Crippen LogP contribution in [0.25, 0.3) is 0 Å². The van der Waals surface area contributed by atoms with Crippen molar-refractivity contribution in [1.29, 1.82) is 0 Å². The maximum Gasteiger partial charge on any atom is 0.242 e. The highest BCUT2D eigenvalue weighted by Crippen LogP contribution is 2.28. The summed E-state index contributed by atoms with van der Waals surface area (Å²) < 4.78 is 28.9. The van der Waals surface area contributed by atoms with Crippen molar-refractivity contribution in [2.24, 2.45) is 0 Å². The molecule has 0 aliphatic rings. The number of hydrogen-bond donors (Lipinski definition) is 1. The molecule has 0 saturated carbocycles. The molecular formula is C13H14Br2N2O2S2. The maximum atomic E-state index is 12.5. The molecule has 114 valence electrons. The molecule has 2 rings (SSSR count). The Hall–Kier alpha value is -0.280. The molecule has 0 aliphatic carbocycles. The minimum absolute atomic E-state index is 0.205. The zero-order valence-electron chi connectivity index (χ0n) is 11.4. The zero-order chi connectivity index (χ0) is 15.6. The van der Waals surface area contributed by atoms with Crippen LogP contribution >= 0.6 is 43.2 Å². The number of nitrogens with zero attached hydrogens (tertiary/aromatic N) is 1. The number of sulfonamides is 1. The summed E-state index contributed by atoms with van der Waals surface area (Å²) >= 11 is 8.09. The number of nitrogens with one attached hydrogen (secondary N) is 1. The zero-order valence-corrected chi connectivity index (χ0v) is 16.2. The molecule has 1 N–H and O–H groups in total. The van der Waals surface area contributed by atoms with Gasteiger partial charge in [-0.1, -0.05) is 22.9 Å². The predicted molar refractivity (Wildman–Crippen MR) is 92.1 cm³/mol. The Labute approximate surface area is 145 Å². The lowest BCUT2D eigenvalue weighted by atomic mass is 10.4. The lowest BCUT2D eigenvalue weighted by Gasteiger charge is -2.13. The number of aryl methyl sites for hydroxylation is 1. The SMILES string of the molecule is CCc1cnc(C(C)NS(=O)(=O)c2cc(Br)ccc2Br)s1. The molecule has 1 aromatic heterocycles. The second kappa shape index (κ2) is 6.87. The van der Waals surface area contributed by atoms with Crippen molar-refractivity contribution in [3.8, 4) is 0 Å². The normalized spacial score (nSPS) is 13.3. The summed E-state index contributed by atoms with van der Waals surface area (Å²) in [5.41, 5.74) is 0. The highest BCUT2D eigenvalue weighted by molar-refractivity contribution is 9.11. The van der Waals surface area contributed by atoms with Crippen LogP contribution in [0.4, 0.5) is 0 Å². The van der Waals surface area contributed by atoms with Crippen LogP contribution in [0.3, 0.4) is 0 Å². The topological polar surface area (TPSA) is 59.1 Å². The fraction of sp³-hybridized carbons (Fsp3) is 0.308. The van der Waals surface area contributed by atoms with Gasteiger partial charge in [0.1, 0.15) is 5.01 Å². The Kier molecular flexibility index (Phi) is 5.59. The Bertz CT molecular complexity index is 744. The van der Waals surface area contributed by atoms with Crippen molar-refractivity contribution in [3.63, 3.8) is 0 Å². The van der Waals surface area contributed by atoms with Crippen LogP contribution in [0.5, 0.6) is 0 Å². The quantitative estimate of drug-likeness (QED) is 0.735. The summed E-state index contributed by atoms with van der Waals surface area (Å²) in [7, 11) is -3.62. The van der Waals surface area contributed by atoms with Gasteiger partial charge in [0, 0.05) is 20.0 Å². The Morgan fingerprint density at radius 2 is 2.10 bits per heavy atom. The first-order chi connectivity index (χ1) is 9.83. The number of rotatable bonds is 5. The minimum atomic E-state index is -3.62. The number of halogens is 2. The van der Waals surface area contributed by atoms with E-state index in [9.17, 15) is 8.42 Å². The Morgan fingerprint density at radius 3 is 2.71 bits per heavy atom. The van der Waals surface area contributed by atoms with Gasteiger partial charge >= 0.3 is 0 Å². The molecule has 0 amide bonds. The van der Waals surface area contributed by atoms with Gasteiger partial charge in [-0.15, -0.1) is 11.3 Å². The molecule has 0 saturated heterocycles. The van der Waals surface area contributed by atoms with E-state index >= 15 is 0 Å². The van der Waals surface area contributed by atoms with Gasteiger partial charge in [-0.25, -0.2) is 18.1 Å². The van der Waals surface area contributed by atoms with E-state index in [1.165, 1.54) is 11.3 Å². The monoisotopic (exact) mass is 452 g/mol. The summed E-state index contributed by atoms with van der Waals surface area (Å²) in [5.74, 6) is 0. The molecule has 8 heteroatoms. The number of aromatic nitrogens is 1. The molecule has 1 unspecified atom stereocenters. The summed E-state index contributed by atoms with van der Waals surface area (Å²) in [5, 5.41) is 0.765. The molecule has 21 heavy (non-hydrogen) atoms. The molecule has 2 aromatic rings. The summed E-state index contributed by atoms with van der Waals surface area (Å²) in [4.78, 5) is 5.62. The minimum Gasteiger partial charge on any atom is -0.248 e. The van der Waals surface area contributed by atoms with Gasteiger partial charge in [0.15, 0.2) is 0 Å². The third-order valence-electron chi connectivity index (χ3n) is 2.81. The Morgan fingerprint density at radius 1 is 1.38 bits per heavy atom. The number of hydrogen-bond acceptors (Lipinski definition) is 4. The van der Waals surface area contributed by atoms with E-state index in [1.54, 1.807) is 31.3 Å². The molecule has 0 aliphatic heterocycles. The molecule has 1 atom stereocenters. The van der Waals surface area contributed by atoms with Gasteiger partial charge in [0.2, 0.25) is 10.0 Å². The van der Waals surface area contributed by atoms with Gasteiger partial charge < -0.3 is 0 Å². The molecule has 0 radical (unpaired) electrons. The van der Waals surface area contributed by atoms with Crippen molar-refractivity contribution < 1.29 is 8.42 Å². The van der Waals surface area contributed by atoms with Crippen LogP contribution in [-0.2, 0) is 16.4 Å². The third-order valence-corrected chi connectivity index (χ3v) is 7.16. The standard InChI is InChI=1S/C13H14Br2N2O2S2/c1-3-10-7-16-13(20-10)8(2)17-21(18,19)12-6-9(14)4-5-11(12)15/h4-8,17H,3H2,1-2H3. The van der Waals surface area contributed by atoms with Crippen LogP contribution in [-0.4, -0.2) is 13.4 Å². The lowest BCUT2D eigenvalue weighted by Crippen LogP contribution is -2.27. The van der Waals surface area contributed by atoms with Gasteiger partial charge in [-0.2, -0.15) is 0 Å². The second-order valence-electron chi connectivity index (χ2n) is 4.44. The van der Waals surface area contributed by atoms with Gasteiger partial charge in [-0.05, 0) is 47.5 Å². The van der Waals surface area contributed by atoms with Crippen LogP contribution < -0.4 is 4.72 Å². The largest absolute Gasteiger partial charge is 0.248 e. The van der Waals surface area contributed by atoms with E-state index in [0.29, 0.717) is 8.95 Å². The molecular weight excluding hydrogens is 440 g/mol. The molecule has 0 bridgehead atoms. The average molecular weight is 454 g/mol. The van der Waals surface area contributed by atoms with Crippen molar-refractivity contribution in [2.75, 3.05) is 0 Å². The number of thiazole rings is 1. The van der Waals surface area contributed by atoms with Crippen LogP contribution in [0, 0.1) is 0 Å². The van der Waals surface area contributed by atoms with Gasteiger partial charge in [0.05, 0.1) is 10.9 Å². The predicted octanol–water partition coefficient (Wildman–Crippen LogP) is 4.27. The van der Waals surface area contributed by atoms with Crippen molar-refractivity contribution >= 4 is 53.2 Å². The molecule has 4 nitrogen and oxygen atoms in total. The first-order valence-electron chi connectivity index (χ1n) is 6.25. The van der Waals surface area contributed by atoms with Crippen molar-refractivity contribution in [3.05, 3.63) is 43.2 Å². The highest BCUT2D eigenvalue weighted by Gasteiger charge is 2.22. The van der Waals surface area contributed by atoms with E-state index in [2.05, 4.69) is 41.6 Å². The second-order valence-corrected chi connectivity index (χ2v) is 9.04. The smallest absolute Gasteiger partial charge is 0.242 e. The first-order valence-corrected chi connectivity index (χ1v) is 10.1. The fourth-order valence-electron chi connectivity index (χ4n) is 1.72. The maximum absolute atomic E-state index is 12.5.